The Hall–Kier alpha value is -1.59. The molecule has 0 saturated carbocycles. The summed E-state index contributed by atoms with van der Waals surface area (Å²) in [4.78, 5) is 26.2. The first-order chi connectivity index (χ1) is 11.2. The molecule has 1 fully saturated rings. The molecule has 1 heterocycles. The summed E-state index contributed by atoms with van der Waals surface area (Å²) in [5.41, 5.74) is -0.649. The van der Waals surface area contributed by atoms with Crippen LogP contribution in [-0.2, 0) is 20.7 Å². The topological polar surface area (TPSA) is 66.8 Å². The summed E-state index contributed by atoms with van der Waals surface area (Å²) >= 11 is 6.01. The Morgan fingerprint density at radius 1 is 1.42 bits per heavy atom. The van der Waals surface area contributed by atoms with Crippen molar-refractivity contribution in [1.82, 2.24) is 4.90 Å². The maximum atomic E-state index is 12.9. The molecule has 0 radical (unpaired) electrons. The molecule has 5 nitrogen and oxygen atoms in total. The normalized spacial score (nSPS) is 21.1. The van der Waals surface area contributed by atoms with Crippen LogP contribution >= 0.6 is 11.6 Å². The van der Waals surface area contributed by atoms with E-state index < -0.39 is 16.8 Å². The number of carboxylic acids is 1. The molecule has 1 aromatic carbocycles. The first kappa shape index (κ1) is 18.7. The lowest BCUT2D eigenvalue weighted by Crippen LogP contribution is -2.44. The number of nitrogens with zero attached hydrogens (tertiary/aromatic N) is 1. The maximum Gasteiger partial charge on any atom is 0.313 e. The van der Waals surface area contributed by atoms with Crippen molar-refractivity contribution in [2.45, 2.75) is 26.7 Å². The number of aliphatic carboxylic acids is 1. The van der Waals surface area contributed by atoms with Crippen molar-refractivity contribution in [2.24, 2.45) is 10.8 Å². The quantitative estimate of drug-likeness (QED) is 0.854. The zero-order valence-electron chi connectivity index (χ0n) is 14.3. The molecule has 0 bridgehead atoms. The van der Waals surface area contributed by atoms with Crippen molar-refractivity contribution in [3.05, 3.63) is 34.9 Å². The minimum absolute atomic E-state index is 0.0401. The van der Waals surface area contributed by atoms with Crippen LogP contribution in [0.2, 0.25) is 5.02 Å². The van der Waals surface area contributed by atoms with Gasteiger partial charge in [0.15, 0.2) is 0 Å². The number of hydrogen-bond donors (Lipinski definition) is 1. The van der Waals surface area contributed by atoms with E-state index in [0.29, 0.717) is 24.4 Å². The van der Waals surface area contributed by atoms with Crippen LogP contribution in [0, 0.1) is 10.8 Å². The van der Waals surface area contributed by atoms with Crippen LogP contribution in [-0.4, -0.2) is 48.7 Å². The fraction of sp³-hybridized carbons (Fsp3) is 0.556. The van der Waals surface area contributed by atoms with E-state index in [2.05, 4.69) is 0 Å². The highest BCUT2D eigenvalue weighted by molar-refractivity contribution is 6.30. The Morgan fingerprint density at radius 3 is 2.71 bits per heavy atom. The molecule has 1 amide bonds. The average molecular weight is 354 g/mol. The summed E-state index contributed by atoms with van der Waals surface area (Å²) < 4.78 is 5.08. The number of likely N-dealkylation sites (tertiary alicyclic amines) is 1. The minimum atomic E-state index is -1.00. The van der Waals surface area contributed by atoms with Gasteiger partial charge in [0.25, 0.3) is 0 Å². The second-order valence-electron chi connectivity index (χ2n) is 7.19. The number of rotatable bonds is 6. The van der Waals surface area contributed by atoms with Crippen LogP contribution in [0.4, 0.5) is 0 Å². The van der Waals surface area contributed by atoms with Gasteiger partial charge in [-0.2, -0.15) is 0 Å². The zero-order chi connectivity index (χ0) is 18.0. The largest absolute Gasteiger partial charge is 0.481 e. The van der Waals surface area contributed by atoms with Crippen molar-refractivity contribution < 1.29 is 19.4 Å². The van der Waals surface area contributed by atoms with Gasteiger partial charge >= 0.3 is 5.97 Å². The number of carboxylic acid groups (broad SMARTS) is 1. The Kier molecular flexibility index (Phi) is 5.56. The number of benzene rings is 1. The van der Waals surface area contributed by atoms with Crippen LogP contribution in [0.25, 0.3) is 0 Å². The first-order valence-corrected chi connectivity index (χ1v) is 8.34. The Morgan fingerprint density at radius 2 is 2.12 bits per heavy atom. The highest BCUT2D eigenvalue weighted by Gasteiger charge is 2.48. The third-order valence-corrected chi connectivity index (χ3v) is 4.86. The lowest BCUT2D eigenvalue weighted by atomic mass is 9.84. The van der Waals surface area contributed by atoms with E-state index in [0.717, 1.165) is 5.56 Å². The second-order valence-corrected chi connectivity index (χ2v) is 7.62. The molecule has 0 spiro atoms. The van der Waals surface area contributed by atoms with Gasteiger partial charge in [-0.15, -0.1) is 0 Å². The van der Waals surface area contributed by atoms with E-state index in [1.807, 2.05) is 32.0 Å². The van der Waals surface area contributed by atoms with Gasteiger partial charge < -0.3 is 14.7 Å². The molecule has 6 heteroatoms. The number of carbonyl (C=O) groups excluding carboxylic acids is 1. The summed E-state index contributed by atoms with van der Waals surface area (Å²) in [5.74, 6) is -0.950. The SMILES string of the molecule is COCC1(C(=O)O)CCN(C(=O)C(C)(C)Cc2cccc(Cl)c2)C1. The van der Waals surface area contributed by atoms with Gasteiger partial charge in [0.2, 0.25) is 5.91 Å². The van der Waals surface area contributed by atoms with Crippen LogP contribution in [0.1, 0.15) is 25.8 Å². The van der Waals surface area contributed by atoms with Gasteiger partial charge in [-0.3, -0.25) is 9.59 Å². The third-order valence-electron chi connectivity index (χ3n) is 4.63. The zero-order valence-corrected chi connectivity index (χ0v) is 15.1. The predicted molar refractivity (Wildman–Crippen MR) is 92.1 cm³/mol. The van der Waals surface area contributed by atoms with E-state index in [1.165, 1.54) is 7.11 Å². The van der Waals surface area contributed by atoms with Crippen LogP contribution in [0.15, 0.2) is 24.3 Å². The standard InChI is InChI=1S/C18H24ClNO4/c1-17(2,10-13-5-4-6-14(19)9-13)15(21)20-8-7-18(11-20,12-24-3)16(22)23/h4-6,9H,7-8,10-12H2,1-3H3,(H,22,23). The third kappa shape index (κ3) is 3.90. The summed E-state index contributed by atoms with van der Waals surface area (Å²) in [7, 11) is 1.48. The maximum absolute atomic E-state index is 12.9. The number of methoxy groups -OCH3 is 1. The highest BCUT2D eigenvalue weighted by Crippen LogP contribution is 2.35. The summed E-state index contributed by atoms with van der Waals surface area (Å²) in [5, 5.41) is 10.2. The monoisotopic (exact) mass is 353 g/mol. The number of amides is 1. The Labute approximate surface area is 147 Å². The van der Waals surface area contributed by atoms with Gasteiger partial charge in [-0.1, -0.05) is 37.6 Å². The van der Waals surface area contributed by atoms with E-state index in [9.17, 15) is 14.7 Å². The van der Waals surface area contributed by atoms with Gasteiger partial charge in [-0.05, 0) is 30.5 Å². The summed E-state index contributed by atoms with van der Waals surface area (Å²) in [6, 6.07) is 7.46. The number of carbonyl (C=O) groups is 2. The molecule has 132 valence electrons. The van der Waals surface area contributed by atoms with E-state index in [1.54, 1.807) is 11.0 Å². The van der Waals surface area contributed by atoms with Crippen molar-refractivity contribution in [3.63, 3.8) is 0 Å². The van der Waals surface area contributed by atoms with Crippen LogP contribution < -0.4 is 0 Å². The molecule has 1 atom stereocenters. The lowest BCUT2D eigenvalue weighted by molar-refractivity contribution is -0.152. The predicted octanol–water partition coefficient (Wildman–Crippen LogP) is 2.86. The van der Waals surface area contributed by atoms with Crippen molar-refractivity contribution in [1.29, 1.82) is 0 Å². The van der Waals surface area contributed by atoms with Crippen LogP contribution in [0.5, 0.6) is 0 Å². The molecule has 24 heavy (non-hydrogen) atoms. The van der Waals surface area contributed by atoms with Gasteiger partial charge in [0, 0.05) is 30.6 Å². The van der Waals surface area contributed by atoms with Crippen molar-refractivity contribution >= 4 is 23.5 Å². The lowest BCUT2D eigenvalue weighted by Gasteiger charge is -2.31. The van der Waals surface area contributed by atoms with Crippen molar-refractivity contribution in [3.8, 4) is 0 Å². The fourth-order valence-corrected chi connectivity index (χ4v) is 3.55. The molecule has 1 saturated heterocycles. The molecule has 1 unspecified atom stereocenters. The number of halogens is 1. The summed E-state index contributed by atoms with van der Waals surface area (Å²) in [6.07, 6.45) is 0.961. The molecule has 0 aliphatic carbocycles. The average Bonchev–Trinajstić information content (AvgIpc) is 2.92. The van der Waals surface area contributed by atoms with E-state index >= 15 is 0 Å². The van der Waals surface area contributed by atoms with E-state index in [4.69, 9.17) is 16.3 Å². The molecular formula is C18H24ClNO4. The number of ether oxygens (including phenoxy) is 1. The number of hydrogen-bond acceptors (Lipinski definition) is 3. The van der Waals surface area contributed by atoms with Gasteiger partial charge in [-0.25, -0.2) is 0 Å². The molecular weight excluding hydrogens is 330 g/mol. The second kappa shape index (κ2) is 7.11. The highest BCUT2D eigenvalue weighted by atomic mass is 35.5. The molecule has 0 aromatic heterocycles. The fourth-order valence-electron chi connectivity index (χ4n) is 3.34. The first-order valence-electron chi connectivity index (χ1n) is 7.96. The minimum Gasteiger partial charge on any atom is -0.481 e. The van der Waals surface area contributed by atoms with Gasteiger partial charge in [0.05, 0.1) is 6.61 Å². The molecule has 2 rings (SSSR count). The Bertz CT molecular complexity index is 631. The van der Waals surface area contributed by atoms with Crippen LogP contribution in [0.3, 0.4) is 0 Å². The van der Waals surface area contributed by atoms with E-state index in [-0.39, 0.29) is 19.1 Å². The van der Waals surface area contributed by atoms with Crippen molar-refractivity contribution in [2.75, 3.05) is 26.8 Å². The summed E-state index contributed by atoms with van der Waals surface area (Å²) in [6.45, 7) is 4.50. The molecule has 1 N–H and O–H groups in total. The van der Waals surface area contributed by atoms with Gasteiger partial charge in [0.1, 0.15) is 5.41 Å². The molecule has 1 aromatic rings. The molecule has 1 aliphatic heterocycles. The smallest absolute Gasteiger partial charge is 0.313 e. The Balaban J connectivity index is 2.11. The molecule has 1 aliphatic rings.